The van der Waals surface area contributed by atoms with E-state index in [9.17, 15) is 9.50 Å². The summed E-state index contributed by atoms with van der Waals surface area (Å²) in [5.74, 6) is 1.39. The van der Waals surface area contributed by atoms with E-state index in [-0.39, 0.29) is 12.4 Å². The summed E-state index contributed by atoms with van der Waals surface area (Å²) in [4.78, 5) is 9.38. The van der Waals surface area contributed by atoms with Gasteiger partial charge in [-0.25, -0.2) is 9.38 Å². The van der Waals surface area contributed by atoms with Crippen LogP contribution in [-0.4, -0.2) is 66.7 Å². The van der Waals surface area contributed by atoms with Crippen LogP contribution in [0.2, 0.25) is 0 Å². The Labute approximate surface area is 178 Å². The zero-order valence-corrected chi connectivity index (χ0v) is 17.6. The molecule has 7 heteroatoms. The quantitative estimate of drug-likeness (QED) is 0.513. The van der Waals surface area contributed by atoms with Crippen LogP contribution >= 0.6 is 0 Å². The van der Waals surface area contributed by atoms with E-state index in [1.165, 1.54) is 6.07 Å². The number of halogens is 1. The Morgan fingerprint density at radius 3 is 2.60 bits per heavy atom. The molecule has 0 atom stereocenters. The molecule has 2 aromatic carbocycles. The van der Waals surface area contributed by atoms with Gasteiger partial charge in [0.1, 0.15) is 18.2 Å². The third kappa shape index (κ3) is 6.43. The maximum atomic E-state index is 13.6. The fourth-order valence-electron chi connectivity index (χ4n) is 3.43. The van der Waals surface area contributed by atoms with Gasteiger partial charge in [-0.3, -0.25) is 4.90 Å². The number of hydrogen-bond acceptors (Lipinski definition) is 4. The van der Waals surface area contributed by atoms with Crippen LogP contribution in [0, 0.1) is 5.82 Å². The first-order valence-corrected chi connectivity index (χ1v) is 10.5. The molecule has 1 aliphatic heterocycles. The number of guanidine groups is 1. The van der Waals surface area contributed by atoms with Gasteiger partial charge in [0, 0.05) is 44.8 Å². The van der Waals surface area contributed by atoms with Gasteiger partial charge in [0.25, 0.3) is 0 Å². The average Bonchev–Trinajstić information content (AvgIpc) is 2.79. The Bertz CT molecular complexity index is 808. The number of nitrogens with zero attached hydrogens (tertiary/aromatic N) is 3. The standard InChI is InChI=1S/C23H31FN4O2/c1-2-25-23(26-17-19-8-9-22(24)20(16-19)18-29)28-12-10-27(11-13-28)14-15-30-21-6-4-3-5-7-21/h3-9,16,29H,2,10-15,17-18H2,1H3,(H,25,26). The van der Waals surface area contributed by atoms with Crippen LogP contribution in [0.5, 0.6) is 5.75 Å². The molecule has 6 nitrogen and oxygen atoms in total. The highest BCUT2D eigenvalue weighted by atomic mass is 19.1. The summed E-state index contributed by atoms with van der Waals surface area (Å²) in [5, 5.41) is 12.6. The van der Waals surface area contributed by atoms with E-state index in [4.69, 9.17) is 9.73 Å². The molecule has 1 saturated heterocycles. The van der Waals surface area contributed by atoms with E-state index >= 15 is 0 Å². The van der Waals surface area contributed by atoms with Crippen molar-refractivity contribution in [2.75, 3.05) is 45.9 Å². The molecule has 0 spiro atoms. The highest BCUT2D eigenvalue weighted by Gasteiger charge is 2.19. The molecule has 2 N–H and O–H groups in total. The second-order valence-corrected chi connectivity index (χ2v) is 7.24. The molecule has 1 fully saturated rings. The smallest absolute Gasteiger partial charge is 0.194 e. The fourth-order valence-corrected chi connectivity index (χ4v) is 3.43. The lowest BCUT2D eigenvalue weighted by molar-refractivity contribution is 0.152. The van der Waals surface area contributed by atoms with Gasteiger partial charge in [-0.1, -0.05) is 24.3 Å². The molecule has 0 unspecified atom stereocenters. The van der Waals surface area contributed by atoms with Crippen LogP contribution in [-0.2, 0) is 13.2 Å². The van der Waals surface area contributed by atoms with Gasteiger partial charge in [0.15, 0.2) is 5.96 Å². The number of piperazine rings is 1. The minimum absolute atomic E-state index is 0.305. The normalized spacial score (nSPS) is 15.3. The summed E-state index contributed by atoms with van der Waals surface area (Å²) in [6.45, 7) is 8.24. The summed E-state index contributed by atoms with van der Waals surface area (Å²) in [6, 6.07) is 14.7. The Morgan fingerprint density at radius 1 is 1.13 bits per heavy atom. The van der Waals surface area contributed by atoms with Crippen molar-refractivity contribution in [2.24, 2.45) is 4.99 Å². The van der Waals surface area contributed by atoms with E-state index in [2.05, 4.69) is 22.0 Å². The van der Waals surface area contributed by atoms with Crippen molar-refractivity contribution >= 4 is 5.96 Å². The summed E-state index contributed by atoms with van der Waals surface area (Å²) in [6.07, 6.45) is 0. The molecule has 1 heterocycles. The average molecular weight is 415 g/mol. The van der Waals surface area contributed by atoms with Gasteiger partial charge in [-0.05, 0) is 36.8 Å². The summed E-state index contributed by atoms with van der Waals surface area (Å²) in [7, 11) is 0. The first-order chi connectivity index (χ1) is 14.7. The molecule has 2 aromatic rings. The van der Waals surface area contributed by atoms with Gasteiger partial charge < -0.3 is 20.1 Å². The molecular weight excluding hydrogens is 383 g/mol. The van der Waals surface area contributed by atoms with Gasteiger partial charge >= 0.3 is 0 Å². The zero-order chi connectivity index (χ0) is 21.2. The SMILES string of the molecule is CCNC(=NCc1ccc(F)c(CO)c1)N1CCN(CCOc2ccccc2)CC1. The van der Waals surface area contributed by atoms with E-state index < -0.39 is 0 Å². The van der Waals surface area contributed by atoms with Gasteiger partial charge in [-0.2, -0.15) is 0 Å². The Morgan fingerprint density at radius 2 is 1.90 bits per heavy atom. The lowest BCUT2D eigenvalue weighted by Crippen LogP contribution is -2.53. The van der Waals surface area contributed by atoms with Gasteiger partial charge in [0.05, 0.1) is 13.2 Å². The number of para-hydroxylation sites is 1. The summed E-state index contributed by atoms with van der Waals surface area (Å²) < 4.78 is 19.4. The Balaban J connectivity index is 1.49. The summed E-state index contributed by atoms with van der Waals surface area (Å²) in [5.41, 5.74) is 1.19. The predicted molar refractivity (Wildman–Crippen MR) is 117 cm³/mol. The van der Waals surface area contributed by atoms with Crippen LogP contribution in [0.3, 0.4) is 0 Å². The maximum absolute atomic E-state index is 13.6. The van der Waals surface area contributed by atoms with Crippen molar-refractivity contribution in [1.82, 2.24) is 15.1 Å². The number of hydrogen-bond donors (Lipinski definition) is 2. The summed E-state index contributed by atoms with van der Waals surface area (Å²) >= 11 is 0. The molecule has 0 aromatic heterocycles. The van der Waals surface area contributed by atoms with E-state index in [1.807, 2.05) is 30.3 Å². The number of aliphatic hydroxyl groups excluding tert-OH is 1. The van der Waals surface area contributed by atoms with Crippen LogP contribution in [0.1, 0.15) is 18.1 Å². The lowest BCUT2D eigenvalue weighted by Gasteiger charge is -2.36. The molecule has 0 bridgehead atoms. The van der Waals surface area contributed by atoms with Crippen molar-refractivity contribution in [3.05, 3.63) is 65.5 Å². The molecule has 0 saturated carbocycles. The van der Waals surface area contributed by atoms with Crippen LogP contribution in [0.15, 0.2) is 53.5 Å². The van der Waals surface area contributed by atoms with Crippen LogP contribution in [0.4, 0.5) is 4.39 Å². The highest BCUT2D eigenvalue weighted by Crippen LogP contribution is 2.12. The molecule has 0 radical (unpaired) electrons. The molecule has 0 aliphatic carbocycles. The number of ether oxygens (including phenoxy) is 1. The number of benzene rings is 2. The highest BCUT2D eigenvalue weighted by molar-refractivity contribution is 5.80. The minimum atomic E-state index is -0.385. The van der Waals surface area contributed by atoms with Crippen molar-refractivity contribution in [3.8, 4) is 5.75 Å². The van der Waals surface area contributed by atoms with Crippen molar-refractivity contribution < 1.29 is 14.2 Å². The molecule has 1 aliphatic rings. The molecule has 30 heavy (non-hydrogen) atoms. The van der Waals surface area contributed by atoms with Crippen molar-refractivity contribution in [3.63, 3.8) is 0 Å². The molecular formula is C23H31FN4O2. The van der Waals surface area contributed by atoms with Crippen LogP contribution < -0.4 is 10.1 Å². The molecule has 3 rings (SSSR count). The monoisotopic (exact) mass is 414 g/mol. The Kier molecular flexibility index (Phi) is 8.47. The fraction of sp³-hybridized carbons (Fsp3) is 0.435. The maximum Gasteiger partial charge on any atom is 0.194 e. The van der Waals surface area contributed by atoms with E-state index in [0.29, 0.717) is 18.7 Å². The minimum Gasteiger partial charge on any atom is -0.492 e. The van der Waals surface area contributed by atoms with Crippen molar-refractivity contribution in [2.45, 2.75) is 20.1 Å². The largest absolute Gasteiger partial charge is 0.492 e. The van der Waals surface area contributed by atoms with Crippen molar-refractivity contribution in [1.29, 1.82) is 0 Å². The number of aliphatic imine (C=N–C) groups is 1. The number of rotatable bonds is 8. The molecule has 0 amide bonds. The number of aliphatic hydroxyl groups is 1. The predicted octanol–water partition coefficient (Wildman–Crippen LogP) is 2.48. The van der Waals surface area contributed by atoms with Gasteiger partial charge in [0.2, 0.25) is 0 Å². The van der Waals surface area contributed by atoms with E-state index in [0.717, 1.165) is 56.5 Å². The van der Waals surface area contributed by atoms with Gasteiger partial charge in [-0.15, -0.1) is 0 Å². The number of nitrogens with one attached hydrogen (secondary N) is 1. The third-order valence-corrected chi connectivity index (χ3v) is 5.12. The first kappa shape index (κ1) is 22.1. The Hall–Kier alpha value is -2.64. The van der Waals surface area contributed by atoms with E-state index in [1.54, 1.807) is 12.1 Å². The third-order valence-electron chi connectivity index (χ3n) is 5.12. The zero-order valence-electron chi connectivity index (χ0n) is 17.6. The second kappa shape index (κ2) is 11.5. The topological polar surface area (TPSA) is 60.3 Å². The first-order valence-electron chi connectivity index (χ1n) is 10.5. The molecule has 162 valence electrons. The van der Waals surface area contributed by atoms with Crippen LogP contribution in [0.25, 0.3) is 0 Å². The lowest BCUT2D eigenvalue weighted by atomic mass is 10.1. The second-order valence-electron chi connectivity index (χ2n) is 7.24.